The quantitative estimate of drug-likeness (QED) is 0.324. The number of rotatable bonds is 6. The summed E-state index contributed by atoms with van der Waals surface area (Å²) in [6.45, 7) is 10.5. The number of amides is 1. The number of likely N-dealkylation sites (tertiary alicyclic amines) is 1. The van der Waals surface area contributed by atoms with Gasteiger partial charge in [-0.1, -0.05) is 37.2 Å². The maximum absolute atomic E-state index is 13.8. The smallest absolute Gasteiger partial charge is 0.267 e. The van der Waals surface area contributed by atoms with Gasteiger partial charge in [0, 0.05) is 17.0 Å². The van der Waals surface area contributed by atoms with E-state index < -0.39 is 0 Å². The zero-order valence-corrected chi connectivity index (χ0v) is 21.8. The molecule has 3 heterocycles. The summed E-state index contributed by atoms with van der Waals surface area (Å²) in [5.74, 6) is 0.406. The van der Waals surface area contributed by atoms with Gasteiger partial charge in [-0.2, -0.15) is 0 Å². The number of thioether (sulfide) groups is 1. The molecular formula is C26H33N3O2S2. The Morgan fingerprint density at radius 3 is 2.61 bits per heavy atom. The minimum absolute atomic E-state index is 0.0450. The largest absolute Gasteiger partial charge is 0.337 e. The van der Waals surface area contributed by atoms with Crippen molar-refractivity contribution >= 4 is 39.2 Å². The number of aryl methyl sites for hydroxylation is 3. The molecule has 0 unspecified atom stereocenters. The summed E-state index contributed by atoms with van der Waals surface area (Å²) < 4.78 is 1.70. The van der Waals surface area contributed by atoms with Crippen molar-refractivity contribution in [3.8, 4) is 5.69 Å². The molecule has 3 aromatic rings. The van der Waals surface area contributed by atoms with Crippen molar-refractivity contribution in [3.63, 3.8) is 0 Å². The SMILES string of the molecule is CCCc1sc2nc(SCC(=O)N3[C@H](C)CCC[C@H]3C)n(-c3cccc(C)c3)c(=O)c2c1C. The van der Waals surface area contributed by atoms with Gasteiger partial charge in [-0.25, -0.2) is 4.98 Å². The van der Waals surface area contributed by atoms with Gasteiger partial charge in [0.05, 0.1) is 16.8 Å². The van der Waals surface area contributed by atoms with Crippen LogP contribution in [-0.4, -0.2) is 38.2 Å². The highest BCUT2D eigenvalue weighted by atomic mass is 32.2. The predicted octanol–water partition coefficient (Wildman–Crippen LogP) is 5.90. The third-order valence-corrected chi connectivity index (χ3v) is 8.74. The van der Waals surface area contributed by atoms with Crippen molar-refractivity contribution < 1.29 is 4.79 Å². The highest BCUT2D eigenvalue weighted by Gasteiger charge is 2.29. The van der Waals surface area contributed by atoms with Crippen LogP contribution in [0.1, 0.15) is 62.5 Å². The van der Waals surface area contributed by atoms with Crippen molar-refractivity contribution in [2.45, 2.75) is 84.0 Å². The highest BCUT2D eigenvalue weighted by Crippen LogP contribution is 2.32. The van der Waals surface area contributed by atoms with Crippen LogP contribution in [0, 0.1) is 13.8 Å². The monoisotopic (exact) mass is 483 g/mol. The molecule has 0 spiro atoms. The Balaban J connectivity index is 1.76. The maximum Gasteiger partial charge on any atom is 0.267 e. The predicted molar refractivity (Wildman–Crippen MR) is 139 cm³/mol. The van der Waals surface area contributed by atoms with Crippen LogP contribution in [0.25, 0.3) is 15.9 Å². The number of thiophene rings is 1. The first kappa shape index (κ1) is 24.0. The Morgan fingerprint density at radius 2 is 1.94 bits per heavy atom. The lowest BCUT2D eigenvalue weighted by molar-refractivity contribution is -0.134. The number of hydrogen-bond donors (Lipinski definition) is 0. The second-order valence-electron chi connectivity index (χ2n) is 9.17. The van der Waals surface area contributed by atoms with E-state index in [0.717, 1.165) is 47.3 Å². The topological polar surface area (TPSA) is 55.2 Å². The zero-order valence-electron chi connectivity index (χ0n) is 20.2. The van der Waals surface area contributed by atoms with Gasteiger partial charge in [0.2, 0.25) is 5.91 Å². The Labute approximate surface area is 204 Å². The molecule has 0 saturated carbocycles. The van der Waals surface area contributed by atoms with Crippen molar-refractivity contribution in [2.75, 3.05) is 5.75 Å². The Morgan fingerprint density at radius 1 is 1.21 bits per heavy atom. The van der Waals surface area contributed by atoms with E-state index >= 15 is 0 Å². The fourth-order valence-corrected chi connectivity index (χ4v) is 7.08. The molecule has 1 aliphatic rings. The molecule has 2 atom stereocenters. The zero-order chi connectivity index (χ0) is 23.7. The molecule has 0 bridgehead atoms. The summed E-state index contributed by atoms with van der Waals surface area (Å²) in [5.41, 5.74) is 2.87. The summed E-state index contributed by atoms with van der Waals surface area (Å²) in [5, 5.41) is 1.30. The van der Waals surface area contributed by atoms with Crippen LogP contribution in [0.15, 0.2) is 34.2 Å². The average molecular weight is 484 g/mol. The molecule has 5 nitrogen and oxygen atoms in total. The number of hydrogen-bond acceptors (Lipinski definition) is 5. The number of aromatic nitrogens is 2. The molecular weight excluding hydrogens is 450 g/mol. The number of piperidine rings is 1. The van der Waals surface area contributed by atoms with Crippen LogP contribution in [0.3, 0.4) is 0 Å². The van der Waals surface area contributed by atoms with Crippen LogP contribution in [0.2, 0.25) is 0 Å². The minimum atomic E-state index is -0.0450. The van der Waals surface area contributed by atoms with E-state index in [-0.39, 0.29) is 29.3 Å². The van der Waals surface area contributed by atoms with Crippen LogP contribution in [0.4, 0.5) is 0 Å². The average Bonchev–Trinajstić information content (AvgIpc) is 3.08. The van der Waals surface area contributed by atoms with Crippen LogP contribution in [-0.2, 0) is 11.2 Å². The van der Waals surface area contributed by atoms with Crippen LogP contribution < -0.4 is 5.56 Å². The summed E-state index contributed by atoms with van der Waals surface area (Å²) >= 11 is 2.99. The third kappa shape index (κ3) is 4.76. The molecule has 1 fully saturated rings. The first-order valence-corrected chi connectivity index (χ1v) is 13.7. The van der Waals surface area contributed by atoms with E-state index in [0.29, 0.717) is 10.5 Å². The van der Waals surface area contributed by atoms with E-state index in [1.165, 1.54) is 23.1 Å². The van der Waals surface area contributed by atoms with Gasteiger partial charge in [0.25, 0.3) is 5.56 Å². The second-order valence-corrected chi connectivity index (χ2v) is 11.2. The normalized spacial score (nSPS) is 18.8. The molecule has 1 aliphatic heterocycles. The molecule has 2 aromatic heterocycles. The number of nitrogens with zero attached hydrogens (tertiary/aromatic N) is 3. The number of benzene rings is 1. The van der Waals surface area contributed by atoms with Crippen molar-refractivity contribution in [2.24, 2.45) is 0 Å². The lowest BCUT2D eigenvalue weighted by Crippen LogP contribution is -2.48. The molecule has 0 N–H and O–H groups in total. The number of carbonyl (C=O) groups is 1. The molecule has 1 saturated heterocycles. The second kappa shape index (κ2) is 10.0. The van der Waals surface area contributed by atoms with Gasteiger partial charge in [-0.3, -0.25) is 14.2 Å². The van der Waals surface area contributed by atoms with E-state index in [9.17, 15) is 9.59 Å². The molecule has 4 rings (SSSR count). The van der Waals surface area contributed by atoms with Crippen molar-refractivity contribution in [1.82, 2.24) is 14.5 Å². The Hall–Kier alpha value is -2.12. The molecule has 33 heavy (non-hydrogen) atoms. The van der Waals surface area contributed by atoms with Gasteiger partial charge >= 0.3 is 0 Å². The fourth-order valence-electron chi connectivity index (χ4n) is 4.88. The summed E-state index contributed by atoms with van der Waals surface area (Å²) in [4.78, 5) is 35.9. The molecule has 0 radical (unpaired) electrons. The number of carbonyl (C=O) groups excluding carboxylic acids is 1. The maximum atomic E-state index is 13.8. The van der Waals surface area contributed by atoms with E-state index in [1.54, 1.807) is 15.9 Å². The first-order chi connectivity index (χ1) is 15.8. The van der Waals surface area contributed by atoms with Gasteiger partial charge in [-0.05, 0) is 76.6 Å². The Bertz CT molecular complexity index is 1220. The van der Waals surface area contributed by atoms with E-state index in [2.05, 4.69) is 20.8 Å². The summed E-state index contributed by atoms with van der Waals surface area (Å²) in [7, 11) is 0. The van der Waals surface area contributed by atoms with Crippen LogP contribution >= 0.6 is 23.1 Å². The molecule has 7 heteroatoms. The van der Waals surface area contributed by atoms with Gasteiger partial charge < -0.3 is 4.90 Å². The molecule has 1 aromatic carbocycles. The lowest BCUT2D eigenvalue weighted by Gasteiger charge is -2.39. The highest BCUT2D eigenvalue weighted by molar-refractivity contribution is 7.99. The van der Waals surface area contributed by atoms with Crippen molar-refractivity contribution in [1.29, 1.82) is 0 Å². The van der Waals surface area contributed by atoms with Gasteiger partial charge in [0.15, 0.2) is 5.16 Å². The summed E-state index contributed by atoms with van der Waals surface area (Å²) in [6, 6.07) is 8.44. The first-order valence-electron chi connectivity index (χ1n) is 11.9. The molecule has 176 valence electrons. The van der Waals surface area contributed by atoms with E-state index in [1.807, 2.05) is 43.0 Å². The molecule has 1 amide bonds. The van der Waals surface area contributed by atoms with Gasteiger partial charge in [-0.15, -0.1) is 11.3 Å². The summed E-state index contributed by atoms with van der Waals surface area (Å²) in [6.07, 6.45) is 5.24. The number of fused-ring (bicyclic) bond motifs is 1. The standard InChI is InChI=1S/C26H33N3O2S2/c1-6-9-21-19(5)23-24(33-21)27-26(29(25(23)31)20-13-7-10-16(2)14-20)32-15-22(30)28-17(3)11-8-12-18(28)4/h7,10,13-14,17-18H,6,8-9,11-12,15H2,1-5H3/t17-,18-/m1/s1. The third-order valence-electron chi connectivity index (χ3n) is 6.58. The fraction of sp³-hybridized carbons (Fsp3) is 0.500. The Kier molecular flexibility index (Phi) is 7.29. The van der Waals surface area contributed by atoms with Crippen molar-refractivity contribution in [3.05, 3.63) is 50.6 Å². The molecule has 0 aliphatic carbocycles. The van der Waals surface area contributed by atoms with Gasteiger partial charge in [0.1, 0.15) is 4.83 Å². The lowest BCUT2D eigenvalue weighted by atomic mass is 9.98. The minimum Gasteiger partial charge on any atom is -0.337 e. The van der Waals surface area contributed by atoms with Crippen LogP contribution in [0.5, 0.6) is 0 Å². The van der Waals surface area contributed by atoms with E-state index in [4.69, 9.17) is 4.98 Å².